The van der Waals surface area contributed by atoms with Crippen LogP contribution in [-0.2, 0) is 25.9 Å². The minimum absolute atomic E-state index is 0.152. The Kier molecular flexibility index (Phi) is 6.55. The molecular weight excluding hydrogens is 356 g/mol. The Labute approximate surface area is 146 Å². The molecule has 0 saturated heterocycles. The summed E-state index contributed by atoms with van der Waals surface area (Å²) in [6.07, 6.45) is 1.31. The number of thiocarbonyl (C=S) groups is 1. The van der Waals surface area contributed by atoms with Crippen LogP contribution in [0.1, 0.15) is 32.1 Å². The van der Waals surface area contributed by atoms with Crippen LogP contribution in [0, 0.1) is 0 Å². The summed E-state index contributed by atoms with van der Waals surface area (Å²) in [7, 11) is -3.22. The maximum atomic E-state index is 11.8. The van der Waals surface area contributed by atoms with Crippen LogP contribution in [0.4, 0.5) is 0 Å². The van der Waals surface area contributed by atoms with E-state index in [4.69, 9.17) is 22.7 Å². The van der Waals surface area contributed by atoms with Crippen molar-refractivity contribution in [3.8, 4) is 0 Å². The van der Waals surface area contributed by atoms with Gasteiger partial charge in [-0.3, -0.25) is 4.79 Å². The molecular formula is C14H22N2O4S3. The molecule has 0 aromatic carbocycles. The summed E-state index contributed by atoms with van der Waals surface area (Å²) in [5.74, 6) is -0.332. The maximum Gasteiger partial charge on any atom is 0.308 e. The Bertz CT molecular complexity index is 674. The fourth-order valence-corrected chi connectivity index (χ4v) is 3.87. The first kappa shape index (κ1) is 19.9. The van der Waals surface area contributed by atoms with E-state index in [0.29, 0.717) is 17.3 Å². The van der Waals surface area contributed by atoms with Crippen molar-refractivity contribution in [3.63, 3.8) is 0 Å². The number of nitrogens with zero attached hydrogens (tertiary/aromatic N) is 1. The van der Waals surface area contributed by atoms with Gasteiger partial charge < -0.3 is 15.4 Å². The van der Waals surface area contributed by atoms with Crippen LogP contribution in [0.15, 0.2) is 16.3 Å². The molecule has 0 fully saturated rings. The van der Waals surface area contributed by atoms with E-state index in [-0.39, 0.29) is 17.5 Å². The summed E-state index contributed by atoms with van der Waals surface area (Å²) in [6, 6.07) is 3.28. The Hall–Kier alpha value is -1.19. The van der Waals surface area contributed by atoms with Gasteiger partial charge in [0.1, 0.15) is 9.81 Å². The lowest BCUT2D eigenvalue weighted by atomic mass is 10.2. The Morgan fingerprint density at radius 3 is 2.43 bits per heavy atom. The van der Waals surface area contributed by atoms with E-state index >= 15 is 0 Å². The first-order chi connectivity index (χ1) is 10.4. The second-order valence-corrected chi connectivity index (χ2v) is 9.92. The van der Waals surface area contributed by atoms with E-state index in [0.717, 1.165) is 11.1 Å². The molecule has 1 rings (SSSR count). The predicted octanol–water partition coefficient (Wildman–Crippen LogP) is 1.93. The van der Waals surface area contributed by atoms with Crippen molar-refractivity contribution in [2.45, 2.75) is 43.5 Å². The third kappa shape index (κ3) is 7.28. The molecule has 0 bridgehead atoms. The summed E-state index contributed by atoms with van der Waals surface area (Å²) in [6.45, 7) is 6.08. The highest BCUT2D eigenvalue weighted by atomic mass is 32.2. The van der Waals surface area contributed by atoms with Crippen molar-refractivity contribution < 1.29 is 17.9 Å². The van der Waals surface area contributed by atoms with Crippen LogP contribution < -0.4 is 5.73 Å². The summed E-state index contributed by atoms with van der Waals surface area (Å²) in [4.78, 5) is 14.2. The topological polar surface area (TPSA) is 89.7 Å². The third-order valence-corrected chi connectivity index (χ3v) is 5.81. The second-order valence-electron chi connectivity index (χ2n) is 6.09. The highest BCUT2D eigenvalue weighted by Gasteiger charge is 2.18. The lowest BCUT2D eigenvalue weighted by Gasteiger charge is -2.23. The number of carbonyl (C=O) groups excluding carboxylic acids is 1. The molecule has 0 amide bonds. The Balaban J connectivity index is 2.68. The molecule has 0 saturated carbocycles. The van der Waals surface area contributed by atoms with Crippen molar-refractivity contribution in [3.05, 3.63) is 17.0 Å². The number of sulfone groups is 1. The van der Waals surface area contributed by atoms with Crippen LogP contribution >= 0.6 is 23.6 Å². The van der Waals surface area contributed by atoms with Gasteiger partial charge >= 0.3 is 5.97 Å². The largest absolute Gasteiger partial charge is 0.460 e. The van der Waals surface area contributed by atoms with Gasteiger partial charge in [-0.1, -0.05) is 0 Å². The van der Waals surface area contributed by atoms with E-state index in [2.05, 4.69) is 0 Å². The fraction of sp³-hybridized carbons (Fsp3) is 0.571. The van der Waals surface area contributed by atoms with Gasteiger partial charge in [-0.2, -0.15) is 0 Å². The van der Waals surface area contributed by atoms with E-state index in [9.17, 15) is 13.2 Å². The van der Waals surface area contributed by atoms with Crippen LogP contribution in [0.2, 0.25) is 0 Å². The zero-order valence-corrected chi connectivity index (χ0v) is 16.1. The number of thiophene rings is 1. The lowest BCUT2D eigenvalue weighted by molar-refractivity contribution is -0.155. The van der Waals surface area contributed by atoms with E-state index in [1.54, 1.807) is 37.8 Å². The van der Waals surface area contributed by atoms with Gasteiger partial charge in [0, 0.05) is 17.7 Å². The normalized spacial score (nSPS) is 12.0. The number of carbonyl (C=O) groups is 1. The molecule has 2 N–H and O–H groups in total. The molecule has 9 heteroatoms. The highest BCUT2D eigenvalue weighted by Crippen LogP contribution is 2.23. The number of hydrogen-bond acceptors (Lipinski definition) is 6. The molecule has 0 unspecified atom stereocenters. The van der Waals surface area contributed by atoms with Crippen LogP contribution in [-0.4, -0.2) is 42.8 Å². The smallest absolute Gasteiger partial charge is 0.308 e. The molecule has 0 aliphatic heterocycles. The van der Waals surface area contributed by atoms with Crippen LogP contribution in [0.3, 0.4) is 0 Å². The summed E-state index contributed by atoms with van der Waals surface area (Å²) in [5, 5.41) is 0.155. The molecule has 130 valence electrons. The summed E-state index contributed by atoms with van der Waals surface area (Å²) < 4.78 is 28.5. The average molecular weight is 379 g/mol. The molecule has 0 atom stereocenters. The standard InChI is InChI=1S/C14H22N2O4S3/c1-14(2,3)20-11(17)7-8-16(13(15)21)9-10-5-6-12(22-10)23(4,18)19/h5-6H,7-9H2,1-4H3,(H2,15,21). The zero-order valence-electron chi connectivity index (χ0n) is 13.7. The molecule has 1 aromatic rings. The summed E-state index contributed by atoms with van der Waals surface area (Å²) >= 11 is 6.16. The van der Waals surface area contributed by atoms with E-state index < -0.39 is 15.4 Å². The average Bonchev–Trinajstić information content (AvgIpc) is 2.80. The maximum absolute atomic E-state index is 11.8. The van der Waals surface area contributed by atoms with Crippen LogP contribution in [0.5, 0.6) is 0 Å². The second kappa shape index (κ2) is 7.59. The minimum Gasteiger partial charge on any atom is -0.460 e. The van der Waals surface area contributed by atoms with Crippen molar-refractivity contribution in [2.24, 2.45) is 5.73 Å². The lowest BCUT2D eigenvalue weighted by Crippen LogP contribution is -2.37. The van der Waals surface area contributed by atoms with E-state index in [1.807, 2.05) is 0 Å². The first-order valence-electron chi connectivity index (χ1n) is 6.93. The van der Waals surface area contributed by atoms with Gasteiger partial charge in [-0.25, -0.2) is 8.42 Å². The number of hydrogen-bond donors (Lipinski definition) is 1. The molecule has 1 heterocycles. The number of nitrogens with two attached hydrogens (primary N) is 1. The van der Waals surface area contributed by atoms with Gasteiger partial charge in [0.2, 0.25) is 0 Å². The van der Waals surface area contributed by atoms with Gasteiger partial charge in [-0.05, 0) is 45.1 Å². The predicted molar refractivity (Wildman–Crippen MR) is 95.1 cm³/mol. The van der Waals surface area contributed by atoms with Crippen molar-refractivity contribution in [1.82, 2.24) is 4.90 Å². The Morgan fingerprint density at radius 1 is 1.39 bits per heavy atom. The SMILES string of the molecule is CC(C)(C)OC(=O)CCN(Cc1ccc(S(C)(=O)=O)s1)C(N)=S. The molecule has 6 nitrogen and oxygen atoms in total. The highest BCUT2D eigenvalue weighted by molar-refractivity contribution is 7.92. The minimum atomic E-state index is -3.22. The quantitative estimate of drug-likeness (QED) is 0.597. The summed E-state index contributed by atoms with van der Waals surface area (Å²) in [5.41, 5.74) is 5.14. The molecule has 0 spiro atoms. The van der Waals surface area contributed by atoms with Crippen LogP contribution in [0.25, 0.3) is 0 Å². The van der Waals surface area contributed by atoms with Crippen molar-refractivity contribution >= 4 is 44.5 Å². The van der Waals surface area contributed by atoms with Gasteiger partial charge in [0.25, 0.3) is 0 Å². The number of rotatable bonds is 6. The Morgan fingerprint density at radius 2 is 2.00 bits per heavy atom. The molecule has 1 aromatic heterocycles. The zero-order chi connectivity index (χ0) is 17.8. The first-order valence-corrected chi connectivity index (χ1v) is 10.0. The molecule has 0 aliphatic rings. The number of esters is 1. The van der Waals surface area contributed by atoms with E-state index in [1.165, 1.54) is 11.3 Å². The molecule has 23 heavy (non-hydrogen) atoms. The van der Waals surface area contributed by atoms with Crippen molar-refractivity contribution in [2.75, 3.05) is 12.8 Å². The number of ether oxygens (including phenoxy) is 1. The molecule has 0 aliphatic carbocycles. The third-order valence-electron chi connectivity index (χ3n) is 2.67. The molecule has 0 radical (unpaired) electrons. The van der Waals surface area contributed by atoms with Gasteiger partial charge in [-0.15, -0.1) is 11.3 Å². The van der Waals surface area contributed by atoms with Crippen molar-refractivity contribution in [1.29, 1.82) is 0 Å². The fourth-order valence-electron chi connectivity index (χ4n) is 1.72. The van der Waals surface area contributed by atoms with Gasteiger partial charge in [0.15, 0.2) is 14.9 Å². The van der Waals surface area contributed by atoms with Gasteiger partial charge in [0.05, 0.1) is 13.0 Å². The monoisotopic (exact) mass is 378 g/mol.